The Bertz CT molecular complexity index is 284. The van der Waals surface area contributed by atoms with Crippen molar-refractivity contribution in [3.05, 3.63) is 29.8 Å². The fourth-order valence-electron chi connectivity index (χ4n) is 1.46. The van der Waals surface area contributed by atoms with Crippen molar-refractivity contribution in [2.75, 3.05) is 25.2 Å². The van der Waals surface area contributed by atoms with Crippen molar-refractivity contribution in [2.24, 2.45) is 0 Å². The van der Waals surface area contributed by atoms with Crippen molar-refractivity contribution in [3.8, 4) is 0 Å². The van der Waals surface area contributed by atoms with E-state index < -0.39 is 0 Å². The van der Waals surface area contributed by atoms with Gasteiger partial charge >= 0.3 is 0 Å². The van der Waals surface area contributed by atoms with Gasteiger partial charge in [0.15, 0.2) is 0 Å². The van der Waals surface area contributed by atoms with Gasteiger partial charge < -0.3 is 15.1 Å². The summed E-state index contributed by atoms with van der Waals surface area (Å²) in [4.78, 5) is 1.90. The third-order valence-electron chi connectivity index (χ3n) is 2.46. The molecule has 3 nitrogen and oxygen atoms in total. The van der Waals surface area contributed by atoms with Crippen LogP contribution >= 0.6 is 0 Å². The number of likely N-dealkylation sites (N-methyl/N-ethyl adjacent to an activating group) is 1. The molecule has 0 spiro atoms. The smallest absolute Gasteiger partial charge is 0.0748 e. The van der Waals surface area contributed by atoms with Crippen LogP contribution in [-0.2, 0) is 0 Å². The molecule has 78 valence electrons. The first kappa shape index (κ1) is 11.0. The Labute approximate surface area is 84.6 Å². The van der Waals surface area contributed by atoms with E-state index in [9.17, 15) is 0 Å². The maximum Gasteiger partial charge on any atom is 0.0748 e. The molecule has 0 aliphatic rings. The van der Waals surface area contributed by atoms with Crippen LogP contribution in [0, 0.1) is 6.92 Å². The molecule has 0 bridgehead atoms. The zero-order valence-electron chi connectivity index (χ0n) is 8.64. The van der Waals surface area contributed by atoms with E-state index in [-0.39, 0.29) is 19.3 Å². The summed E-state index contributed by atoms with van der Waals surface area (Å²) < 4.78 is 0. The predicted molar refractivity (Wildman–Crippen MR) is 57.5 cm³/mol. The Morgan fingerprint density at radius 2 is 1.79 bits per heavy atom. The first-order valence-corrected chi connectivity index (χ1v) is 4.71. The highest BCUT2D eigenvalue weighted by molar-refractivity contribution is 5.53. The predicted octanol–water partition coefficient (Wildman–Crippen LogP) is 0.784. The first-order chi connectivity index (χ1) is 6.70. The maximum atomic E-state index is 9.05. The lowest BCUT2D eigenvalue weighted by Gasteiger charge is -2.28. The second-order valence-electron chi connectivity index (χ2n) is 3.42. The summed E-state index contributed by atoms with van der Waals surface area (Å²) in [6, 6.07) is 7.69. The molecular formula is C11H17NO2. The van der Waals surface area contributed by atoms with Crippen LogP contribution in [0.2, 0.25) is 0 Å². The lowest BCUT2D eigenvalue weighted by atomic mass is 10.1. The van der Waals surface area contributed by atoms with Crippen LogP contribution in [0.15, 0.2) is 24.3 Å². The van der Waals surface area contributed by atoms with Gasteiger partial charge in [-0.3, -0.25) is 0 Å². The van der Waals surface area contributed by atoms with Gasteiger partial charge in [-0.2, -0.15) is 0 Å². The van der Waals surface area contributed by atoms with Gasteiger partial charge in [-0.05, 0) is 18.6 Å². The van der Waals surface area contributed by atoms with Crippen molar-refractivity contribution in [3.63, 3.8) is 0 Å². The number of benzene rings is 1. The fraction of sp³-hybridized carbons (Fsp3) is 0.455. The summed E-state index contributed by atoms with van der Waals surface area (Å²) in [7, 11) is 1.87. The molecule has 0 saturated heterocycles. The van der Waals surface area contributed by atoms with Crippen LogP contribution in [0.4, 0.5) is 5.69 Å². The van der Waals surface area contributed by atoms with E-state index in [1.54, 1.807) is 0 Å². The largest absolute Gasteiger partial charge is 0.394 e. The normalized spacial score (nSPS) is 10.6. The first-order valence-electron chi connectivity index (χ1n) is 4.71. The second kappa shape index (κ2) is 4.98. The minimum Gasteiger partial charge on any atom is -0.394 e. The van der Waals surface area contributed by atoms with Crippen LogP contribution in [-0.4, -0.2) is 36.5 Å². The van der Waals surface area contributed by atoms with Gasteiger partial charge in [-0.15, -0.1) is 0 Å². The van der Waals surface area contributed by atoms with Crippen molar-refractivity contribution >= 4 is 5.69 Å². The molecule has 0 amide bonds. The van der Waals surface area contributed by atoms with E-state index in [0.717, 1.165) is 11.3 Å². The Kier molecular flexibility index (Phi) is 3.92. The van der Waals surface area contributed by atoms with Gasteiger partial charge in [-0.1, -0.05) is 18.2 Å². The summed E-state index contributed by atoms with van der Waals surface area (Å²) >= 11 is 0. The SMILES string of the molecule is Cc1ccccc1N(C)C(CO)CO. The molecule has 0 aromatic heterocycles. The molecule has 0 saturated carbocycles. The van der Waals surface area contributed by atoms with E-state index in [1.165, 1.54) is 0 Å². The molecule has 0 radical (unpaired) electrons. The molecule has 0 atom stereocenters. The zero-order chi connectivity index (χ0) is 10.6. The Morgan fingerprint density at radius 1 is 1.21 bits per heavy atom. The molecule has 1 aromatic carbocycles. The molecule has 3 heteroatoms. The van der Waals surface area contributed by atoms with E-state index in [4.69, 9.17) is 10.2 Å². The summed E-state index contributed by atoms with van der Waals surface area (Å²) in [6.45, 7) is 1.93. The topological polar surface area (TPSA) is 43.7 Å². The molecular weight excluding hydrogens is 178 g/mol. The molecule has 0 aliphatic carbocycles. The third-order valence-corrected chi connectivity index (χ3v) is 2.46. The van der Waals surface area contributed by atoms with Crippen LogP contribution in [0.1, 0.15) is 5.56 Å². The number of aliphatic hydroxyl groups is 2. The van der Waals surface area contributed by atoms with Crippen molar-refractivity contribution in [1.82, 2.24) is 0 Å². The Hall–Kier alpha value is -1.06. The van der Waals surface area contributed by atoms with Crippen LogP contribution in [0.5, 0.6) is 0 Å². The third kappa shape index (κ3) is 2.25. The van der Waals surface area contributed by atoms with Crippen molar-refractivity contribution in [2.45, 2.75) is 13.0 Å². The van der Waals surface area contributed by atoms with Crippen molar-refractivity contribution in [1.29, 1.82) is 0 Å². The summed E-state index contributed by atoms with van der Waals surface area (Å²) in [6.07, 6.45) is 0. The number of aliphatic hydroxyl groups excluding tert-OH is 2. The fourth-order valence-corrected chi connectivity index (χ4v) is 1.46. The molecule has 0 fully saturated rings. The number of hydrogen-bond acceptors (Lipinski definition) is 3. The van der Waals surface area contributed by atoms with Gasteiger partial charge in [0.05, 0.1) is 19.3 Å². The maximum absolute atomic E-state index is 9.05. The molecule has 0 unspecified atom stereocenters. The van der Waals surface area contributed by atoms with Gasteiger partial charge in [0.2, 0.25) is 0 Å². The van der Waals surface area contributed by atoms with Gasteiger partial charge in [0, 0.05) is 12.7 Å². The minimum absolute atomic E-state index is 0.0403. The average Bonchev–Trinajstić information content (AvgIpc) is 2.20. The Morgan fingerprint density at radius 3 is 2.29 bits per heavy atom. The number of hydrogen-bond donors (Lipinski definition) is 2. The zero-order valence-corrected chi connectivity index (χ0v) is 8.64. The lowest BCUT2D eigenvalue weighted by Crippen LogP contribution is -2.38. The van der Waals surface area contributed by atoms with Crippen LogP contribution in [0.3, 0.4) is 0 Å². The monoisotopic (exact) mass is 195 g/mol. The van der Waals surface area contributed by atoms with Crippen LogP contribution in [0.25, 0.3) is 0 Å². The molecule has 0 heterocycles. The summed E-state index contributed by atoms with van der Waals surface area (Å²) in [5.41, 5.74) is 2.18. The number of aryl methyl sites for hydroxylation is 1. The minimum atomic E-state index is -0.226. The second-order valence-corrected chi connectivity index (χ2v) is 3.42. The van der Waals surface area contributed by atoms with E-state index in [2.05, 4.69) is 0 Å². The number of nitrogens with zero attached hydrogens (tertiary/aromatic N) is 1. The van der Waals surface area contributed by atoms with Crippen molar-refractivity contribution < 1.29 is 10.2 Å². The quantitative estimate of drug-likeness (QED) is 0.746. The number of anilines is 1. The van der Waals surface area contributed by atoms with E-state index in [0.29, 0.717) is 0 Å². The van der Waals surface area contributed by atoms with Gasteiger partial charge in [0.1, 0.15) is 0 Å². The highest BCUT2D eigenvalue weighted by Crippen LogP contribution is 2.19. The molecule has 1 aromatic rings. The Balaban J connectivity index is 2.88. The van der Waals surface area contributed by atoms with E-state index in [1.807, 2.05) is 43.1 Å². The standard InChI is InChI=1S/C11H17NO2/c1-9-5-3-4-6-11(9)12(2)10(7-13)8-14/h3-6,10,13-14H,7-8H2,1-2H3. The van der Waals surface area contributed by atoms with E-state index >= 15 is 0 Å². The molecule has 0 aliphatic heterocycles. The highest BCUT2D eigenvalue weighted by atomic mass is 16.3. The van der Waals surface area contributed by atoms with Gasteiger partial charge in [0.25, 0.3) is 0 Å². The highest BCUT2D eigenvalue weighted by Gasteiger charge is 2.13. The lowest BCUT2D eigenvalue weighted by molar-refractivity contribution is 0.190. The number of para-hydroxylation sites is 1. The molecule has 14 heavy (non-hydrogen) atoms. The average molecular weight is 195 g/mol. The molecule has 1 rings (SSSR count). The number of rotatable bonds is 4. The summed E-state index contributed by atoms with van der Waals surface area (Å²) in [5.74, 6) is 0. The summed E-state index contributed by atoms with van der Waals surface area (Å²) in [5, 5.41) is 18.1. The molecule has 2 N–H and O–H groups in total. The van der Waals surface area contributed by atoms with Crippen LogP contribution < -0.4 is 4.90 Å². The van der Waals surface area contributed by atoms with Gasteiger partial charge in [-0.25, -0.2) is 0 Å².